The Kier molecular flexibility index (Phi) is 6.54. The van der Waals surface area contributed by atoms with Crippen molar-refractivity contribution in [1.29, 1.82) is 0 Å². The minimum Gasteiger partial charge on any atom is -0.462 e. The Labute approximate surface area is 193 Å². The second-order valence-electron chi connectivity index (χ2n) is 8.02. The highest BCUT2D eigenvalue weighted by Crippen LogP contribution is 2.30. The summed E-state index contributed by atoms with van der Waals surface area (Å²) >= 11 is 0. The van der Waals surface area contributed by atoms with E-state index in [1.165, 1.54) is 0 Å². The van der Waals surface area contributed by atoms with Gasteiger partial charge in [0, 0.05) is 29.0 Å². The highest BCUT2D eigenvalue weighted by atomic mass is 16.5. The van der Waals surface area contributed by atoms with E-state index < -0.39 is 5.97 Å². The molecule has 168 valence electrons. The smallest absolute Gasteiger partial charge is 0.338 e. The van der Waals surface area contributed by atoms with Gasteiger partial charge in [-0.2, -0.15) is 0 Å². The SMILES string of the molecule is CCOC(=O)c1ccc(NC(=O)c2ccc3c(c2)CCCN3C(=O)c2ccc(C)cc2)cc1. The Hall–Kier alpha value is -3.93. The van der Waals surface area contributed by atoms with Gasteiger partial charge in [-0.05, 0) is 86.8 Å². The summed E-state index contributed by atoms with van der Waals surface area (Å²) in [6.07, 6.45) is 1.65. The zero-order valence-corrected chi connectivity index (χ0v) is 18.8. The molecule has 0 atom stereocenters. The van der Waals surface area contributed by atoms with Crippen molar-refractivity contribution >= 4 is 29.2 Å². The van der Waals surface area contributed by atoms with Crippen LogP contribution in [0.4, 0.5) is 11.4 Å². The van der Waals surface area contributed by atoms with Gasteiger partial charge in [-0.3, -0.25) is 9.59 Å². The lowest BCUT2D eigenvalue weighted by Gasteiger charge is -2.30. The third kappa shape index (κ3) is 4.95. The minimum atomic E-state index is -0.394. The fourth-order valence-electron chi connectivity index (χ4n) is 3.91. The molecule has 1 aliphatic heterocycles. The van der Waals surface area contributed by atoms with Gasteiger partial charge in [0.25, 0.3) is 11.8 Å². The molecule has 6 nitrogen and oxygen atoms in total. The van der Waals surface area contributed by atoms with Crippen molar-refractivity contribution in [1.82, 2.24) is 0 Å². The predicted octanol–water partition coefficient (Wildman–Crippen LogP) is 5.02. The molecule has 33 heavy (non-hydrogen) atoms. The predicted molar refractivity (Wildman–Crippen MR) is 128 cm³/mol. The van der Waals surface area contributed by atoms with Crippen molar-refractivity contribution in [2.24, 2.45) is 0 Å². The summed E-state index contributed by atoms with van der Waals surface area (Å²) in [4.78, 5) is 39.4. The van der Waals surface area contributed by atoms with Gasteiger partial charge < -0.3 is 15.0 Å². The van der Waals surface area contributed by atoms with E-state index in [0.717, 1.165) is 29.7 Å². The summed E-state index contributed by atoms with van der Waals surface area (Å²) in [6.45, 7) is 4.70. The van der Waals surface area contributed by atoms with Gasteiger partial charge in [0.15, 0.2) is 0 Å². The van der Waals surface area contributed by atoms with Crippen molar-refractivity contribution < 1.29 is 19.1 Å². The van der Waals surface area contributed by atoms with Gasteiger partial charge in [0.2, 0.25) is 0 Å². The number of rotatable bonds is 5. The number of fused-ring (bicyclic) bond motifs is 1. The number of carbonyl (C=O) groups excluding carboxylic acids is 3. The van der Waals surface area contributed by atoms with Crippen molar-refractivity contribution in [3.05, 3.63) is 94.5 Å². The van der Waals surface area contributed by atoms with Crippen LogP contribution in [-0.2, 0) is 11.2 Å². The summed E-state index contributed by atoms with van der Waals surface area (Å²) in [5.41, 5.74) is 5.13. The number of aryl methyl sites for hydroxylation is 2. The number of amides is 2. The number of anilines is 2. The maximum atomic E-state index is 13.1. The fraction of sp³-hybridized carbons (Fsp3) is 0.222. The first kappa shape index (κ1) is 22.3. The Bertz CT molecular complexity index is 1180. The molecule has 0 bridgehead atoms. The molecular weight excluding hydrogens is 416 g/mol. The molecule has 6 heteroatoms. The average molecular weight is 443 g/mol. The van der Waals surface area contributed by atoms with Crippen molar-refractivity contribution in [2.75, 3.05) is 23.4 Å². The van der Waals surface area contributed by atoms with Gasteiger partial charge in [-0.25, -0.2) is 4.79 Å². The number of esters is 1. The first-order chi connectivity index (χ1) is 16.0. The van der Waals surface area contributed by atoms with E-state index >= 15 is 0 Å². The summed E-state index contributed by atoms with van der Waals surface area (Å²) in [6, 6.07) is 19.6. The van der Waals surface area contributed by atoms with Crippen LogP contribution in [0.15, 0.2) is 66.7 Å². The third-order valence-electron chi connectivity index (χ3n) is 5.66. The van der Waals surface area contributed by atoms with Crippen LogP contribution in [0.3, 0.4) is 0 Å². The molecule has 0 unspecified atom stereocenters. The number of nitrogens with one attached hydrogen (secondary N) is 1. The molecule has 3 aromatic rings. The molecular formula is C27H26N2O4. The van der Waals surface area contributed by atoms with Gasteiger partial charge >= 0.3 is 5.97 Å². The zero-order chi connectivity index (χ0) is 23.4. The molecule has 0 radical (unpaired) electrons. The number of hydrogen-bond acceptors (Lipinski definition) is 4. The minimum absolute atomic E-state index is 0.0326. The normalized spacial score (nSPS) is 12.6. The van der Waals surface area contributed by atoms with Crippen LogP contribution in [0.1, 0.15) is 55.5 Å². The Balaban J connectivity index is 1.49. The van der Waals surface area contributed by atoms with Crippen LogP contribution < -0.4 is 10.2 Å². The molecule has 0 fully saturated rings. The van der Waals surface area contributed by atoms with Crippen LogP contribution in [0.5, 0.6) is 0 Å². The highest BCUT2D eigenvalue weighted by molar-refractivity contribution is 6.08. The first-order valence-electron chi connectivity index (χ1n) is 11.1. The molecule has 3 aromatic carbocycles. The number of hydrogen-bond donors (Lipinski definition) is 1. The number of nitrogens with zero attached hydrogens (tertiary/aromatic N) is 1. The van der Waals surface area contributed by atoms with Gasteiger partial charge in [-0.15, -0.1) is 0 Å². The molecule has 4 rings (SSSR count). The van der Waals surface area contributed by atoms with E-state index in [0.29, 0.717) is 35.5 Å². The summed E-state index contributed by atoms with van der Waals surface area (Å²) in [5.74, 6) is -0.673. The highest BCUT2D eigenvalue weighted by Gasteiger charge is 2.24. The van der Waals surface area contributed by atoms with Crippen molar-refractivity contribution in [2.45, 2.75) is 26.7 Å². The van der Waals surface area contributed by atoms with Crippen LogP contribution in [0.25, 0.3) is 0 Å². The average Bonchev–Trinajstić information content (AvgIpc) is 2.84. The topological polar surface area (TPSA) is 75.7 Å². The molecule has 1 aliphatic rings. The van der Waals surface area contributed by atoms with Gasteiger partial charge in [0.1, 0.15) is 0 Å². The molecule has 0 aromatic heterocycles. The quantitative estimate of drug-likeness (QED) is 0.563. The van der Waals surface area contributed by atoms with Crippen LogP contribution in [0.2, 0.25) is 0 Å². The Morgan fingerprint density at radius 3 is 2.27 bits per heavy atom. The Morgan fingerprint density at radius 1 is 0.909 bits per heavy atom. The summed E-state index contributed by atoms with van der Waals surface area (Å²) < 4.78 is 4.98. The standard InChI is InChI=1S/C27H26N2O4/c1-3-33-27(32)20-10-13-23(14-11-20)28-25(30)22-12-15-24-21(17-22)5-4-16-29(24)26(31)19-8-6-18(2)7-9-19/h6-15,17H,3-5,16H2,1-2H3,(H,28,30). The molecule has 0 saturated carbocycles. The van der Waals surface area contributed by atoms with E-state index in [2.05, 4.69) is 5.32 Å². The lowest BCUT2D eigenvalue weighted by Crippen LogP contribution is -2.35. The molecule has 0 saturated heterocycles. The van der Waals surface area contributed by atoms with Gasteiger partial charge in [0.05, 0.1) is 12.2 Å². The van der Waals surface area contributed by atoms with Crippen molar-refractivity contribution in [3.63, 3.8) is 0 Å². The van der Waals surface area contributed by atoms with Crippen LogP contribution >= 0.6 is 0 Å². The van der Waals surface area contributed by atoms with E-state index in [1.807, 2.05) is 43.3 Å². The molecule has 1 heterocycles. The van der Waals surface area contributed by atoms with E-state index in [4.69, 9.17) is 4.74 Å². The number of carbonyl (C=O) groups is 3. The molecule has 1 N–H and O–H groups in total. The molecule has 2 amide bonds. The van der Waals surface area contributed by atoms with Crippen molar-refractivity contribution in [3.8, 4) is 0 Å². The lowest BCUT2D eigenvalue weighted by atomic mass is 9.98. The maximum Gasteiger partial charge on any atom is 0.338 e. The van der Waals surface area contributed by atoms with E-state index in [9.17, 15) is 14.4 Å². The summed E-state index contributed by atoms with van der Waals surface area (Å²) in [7, 11) is 0. The number of benzene rings is 3. The second-order valence-corrected chi connectivity index (χ2v) is 8.02. The maximum absolute atomic E-state index is 13.1. The van der Waals surface area contributed by atoms with Crippen LogP contribution in [-0.4, -0.2) is 30.9 Å². The zero-order valence-electron chi connectivity index (χ0n) is 18.8. The molecule has 0 aliphatic carbocycles. The largest absolute Gasteiger partial charge is 0.462 e. The lowest BCUT2D eigenvalue weighted by molar-refractivity contribution is 0.0526. The number of ether oxygens (including phenoxy) is 1. The monoisotopic (exact) mass is 442 g/mol. The third-order valence-corrected chi connectivity index (χ3v) is 5.66. The summed E-state index contributed by atoms with van der Waals surface area (Å²) in [5, 5.41) is 2.86. The second kappa shape index (κ2) is 9.69. The van der Waals surface area contributed by atoms with E-state index in [1.54, 1.807) is 42.2 Å². The molecule has 0 spiro atoms. The first-order valence-corrected chi connectivity index (χ1v) is 11.1. The Morgan fingerprint density at radius 2 is 1.58 bits per heavy atom. The fourth-order valence-corrected chi connectivity index (χ4v) is 3.91. The van der Waals surface area contributed by atoms with Crippen LogP contribution in [0, 0.1) is 6.92 Å². The van der Waals surface area contributed by atoms with E-state index in [-0.39, 0.29) is 11.8 Å². The van der Waals surface area contributed by atoms with Gasteiger partial charge in [-0.1, -0.05) is 17.7 Å².